The summed E-state index contributed by atoms with van der Waals surface area (Å²) >= 11 is 4.14. The fraction of sp³-hybridized carbons (Fsp3) is 1.00. The molecule has 62 valence electrons. The molecular formula is C7H13BO2S. The standard InChI is InChI=1S/C7H13BO2S/c1-5-2-6(8)10-7(5,3-9)4-11/h5-6,9,11H,2-4H2,1H3/t5?,6-,7-/m1/s1. The second-order valence-electron chi connectivity index (χ2n) is 3.17. The fourth-order valence-electron chi connectivity index (χ4n) is 1.47. The van der Waals surface area contributed by atoms with Gasteiger partial charge in [0.25, 0.3) is 0 Å². The van der Waals surface area contributed by atoms with Crippen molar-refractivity contribution in [3.63, 3.8) is 0 Å². The molecule has 0 saturated carbocycles. The average molecular weight is 172 g/mol. The third-order valence-electron chi connectivity index (χ3n) is 2.41. The summed E-state index contributed by atoms with van der Waals surface area (Å²) in [5.74, 6) is 0.818. The molecule has 1 saturated heterocycles. The molecule has 0 aromatic heterocycles. The zero-order chi connectivity index (χ0) is 8.48. The maximum atomic E-state index is 9.08. The second kappa shape index (κ2) is 3.38. The molecule has 1 heterocycles. The Kier molecular flexibility index (Phi) is 2.89. The highest BCUT2D eigenvalue weighted by atomic mass is 32.1. The van der Waals surface area contributed by atoms with Gasteiger partial charge < -0.3 is 9.84 Å². The van der Waals surface area contributed by atoms with E-state index in [4.69, 9.17) is 17.7 Å². The van der Waals surface area contributed by atoms with Crippen LogP contribution in [0.4, 0.5) is 0 Å². The molecule has 3 atom stereocenters. The first kappa shape index (κ1) is 9.42. The van der Waals surface area contributed by atoms with Gasteiger partial charge in [0.15, 0.2) is 0 Å². The van der Waals surface area contributed by atoms with Gasteiger partial charge >= 0.3 is 0 Å². The van der Waals surface area contributed by atoms with Crippen molar-refractivity contribution in [3.05, 3.63) is 0 Å². The first-order valence-electron chi connectivity index (χ1n) is 3.80. The predicted molar refractivity (Wildman–Crippen MR) is 48.1 cm³/mol. The summed E-state index contributed by atoms with van der Waals surface area (Å²) in [5.41, 5.74) is -0.497. The van der Waals surface area contributed by atoms with E-state index in [0.717, 1.165) is 6.42 Å². The minimum absolute atomic E-state index is 0.00532. The smallest absolute Gasteiger partial charge is 0.109 e. The van der Waals surface area contributed by atoms with Crippen LogP contribution in [0.2, 0.25) is 0 Å². The molecule has 0 aromatic carbocycles. The van der Waals surface area contributed by atoms with Crippen LogP contribution >= 0.6 is 12.6 Å². The lowest BCUT2D eigenvalue weighted by Gasteiger charge is -2.29. The van der Waals surface area contributed by atoms with Gasteiger partial charge in [-0.05, 0) is 12.3 Å². The van der Waals surface area contributed by atoms with Gasteiger partial charge in [0, 0.05) is 11.8 Å². The van der Waals surface area contributed by atoms with E-state index in [2.05, 4.69) is 12.6 Å². The lowest BCUT2D eigenvalue weighted by molar-refractivity contribution is -0.0503. The van der Waals surface area contributed by atoms with Crippen molar-refractivity contribution in [2.24, 2.45) is 5.92 Å². The molecule has 11 heavy (non-hydrogen) atoms. The third-order valence-corrected chi connectivity index (χ3v) is 2.94. The molecule has 1 aliphatic heterocycles. The minimum Gasteiger partial charge on any atom is -0.393 e. The van der Waals surface area contributed by atoms with Crippen LogP contribution < -0.4 is 0 Å². The molecule has 4 heteroatoms. The highest BCUT2D eigenvalue weighted by Crippen LogP contribution is 2.35. The highest BCUT2D eigenvalue weighted by molar-refractivity contribution is 7.80. The Morgan fingerprint density at radius 1 is 1.82 bits per heavy atom. The molecule has 1 rings (SSSR count). The molecule has 0 aliphatic carbocycles. The Labute approximate surface area is 74.1 Å². The molecule has 0 spiro atoms. The predicted octanol–water partition coefficient (Wildman–Crippen LogP) is 0.198. The number of rotatable bonds is 2. The van der Waals surface area contributed by atoms with E-state index in [-0.39, 0.29) is 12.6 Å². The number of thiol groups is 1. The normalized spacial score (nSPS) is 44.6. The number of ether oxygens (including phenoxy) is 1. The van der Waals surface area contributed by atoms with Crippen LogP contribution in [-0.4, -0.2) is 36.9 Å². The summed E-state index contributed by atoms with van der Waals surface area (Å²) in [6.45, 7) is 2.03. The van der Waals surface area contributed by atoms with Gasteiger partial charge in [0.05, 0.1) is 6.61 Å². The molecule has 2 nitrogen and oxygen atoms in total. The van der Waals surface area contributed by atoms with Crippen molar-refractivity contribution in [1.29, 1.82) is 0 Å². The van der Waals surface area contributed by atoms with Crippen LogP contribution in [0.3, 0.4) is 0 Å². The quantitative estimate of drug-likeness (QED) is 0.460. The second-order valence-corrected chi connectivity index (χ2v) is 3.49. The first-order valence-corrected chi connectivity index (χ1v) is 4.43. The van der Waals surface area contributed by atoms with E-state index in [1.54, 1.807) is 0 Å². The highest BCUT2D eigenvalue weighted by Gasteiger charge is 2.42. The number of aliphatic hydroxyl groups excluding tert-OH is 1. The lowest BCUT2D eigenvalue weighted by atomic mass is 9.87. The third kappa shape index (κ3) is 1.58. The van der Waals surface area contributed by atoms with Crippen molar-refractivity contribution in [2.45, 2.75) is 24.9 Å². The fourth-order valence-corrected chi connectivity index (χ4v) is 1.95. The summed E-state index contributed by atoms with van der Waals surface area (Å²) in [4.78, 5) is 0. The van der Waals surface area contributed by atoms with E-state index in [9.17, 15) is 0 Å². The SMILES string of the molecule is [B][C@H]1CC(C)[C@@](CO)(CS)O1. The van der Waals surface area contributed by atoms with Crippen molar-refractivity contribution >= 4 is 20.5 Å². The van der Waals surface area contributed by atoms with Gasteiger partial charge in [0.2, 0.25) is 0 Å². The van der Waals surface area contributed by atoms with Gasteiger partial charge in [-0.15, -0.1) is 0 Å². The monoisotopic (exact) mass is 172 g/mol. The van der Waals surface area contributed by atoms with Crippen LogP contribution in [0.15, 0.2) is 0 Å². The van der Waals surface area contributed by atoms with E-state index < -0.39 is 5.60 Å². The van der Waals surface area contributed by atoms with E-state index in [1.807, 2.05) is 6.92 Å². The molecule has 1 N–H and O–H groups in total. The van der Waals surface area contributed by atoms with Crippen LogP contribution in [0.5, 0.6) is 0 Å². The Bertz CT molecular complexity index is 138. The number of aliphatic hydroxyl groups is 1. The van der Waals surface area contributed by atoms with E-state index in [0.29, 0.717) is 11.7 Å². The zero-order valence-corrected chi connectivity index (χ0v) is 7.55. The Morgan fingerprint density at radius 3 is 2.64 bits per heavy atom. The van der Waals surface area contributed by atoms with Crippen molar-refractivity contribution in [3.8, 4) is 0 Å². The van der Waals surface area contributed by atoms with Gasteiger partial charge in [-0.2, -0.15) is 12.6 Å². The molecule has 1 aliphatic rings. The largest absolute Gasteiger partial charge is 0.393 e. The van der Waals surface area contributed by atoms with Crippen molar-refractivity contribution in [2.75, 3.05) is 12.4 Å². The maximum absolute atomic E-state index is 9.08. The van der Waals surface area contributed by atoms with Crippen molar-refractivity contribution in [1.82, 2.24) is 0 Å². The number of hydrogen-bond acceptors (Lipinski definition) is 3. The molecule has 0 bridgehead atoms. The summed E-state index contributed by atoms with van der Waals surface area (Å²) in [6, 6.07) is -0.232. The van der Waals surface area contributed by atoms with Crippen LogP contribution in [0.25, 0.3) is 0 Å². The maximum Gasteiger partial charge on any atom is 0.109 e. The topological polar surface area (TPSA) is 29.5 Å². The molecule has 1 fully saturated rings. The Morgan fingerprint density at radius 2 is 2.45 bits per heavy atom. The van der Waals surface area contributed by atoms with Gasteiger partial charge in [-0.3, -0.25) is 0 Å². The van der Waals surface area contributed by atoms with E-state index in [1.165, 1.54) is 0 Å². The summed E-state index contributed by atoms with van der Waals surface area (Å²) in [7, 11) is 5.58. The van der Waals surface area contributed by atoms with Crippen molar-refractivity contribution < 1.29 is 9.84 Å². The van der Waals surface area contributed by atoms with E-state index >= 15 is 0 Å². The molecule has 0 aromatic rings. The molecule has 2 radical (unpaired) electrons. The first-order chi connectivity index (χ1) is 5.14. The summed E-state index contributed by atoms with van der Waals surface area (Å²) in [6.07, 6.45) is 0.807. The van der Waals surface area contributed by atoms with Gasteiger partial charge in [-0.25, -0.2) is 0 Å². The lowest BCUT2D eigenvalue weighted by Crippen LogP contribution is -2.40. The van der Waals surface area contributed by atoms with Crippen LogP contribution in [0.1, 0.15) is 13.3 Å². The molecule has 0 amide bonds. The van der Waals surface area contributed by atoms with Gasteiger partial charge in [-0.1, -0.05) is 6.92 Å². The summed E-state index contributed by atoms with van der Waals surface area (Å²) in [5, 5.41) is 9.08. The Balaban J connectivity index is 2.67. The average Bonchev–Trinajstić information content (AvgIpc) is 2.27. The van der Waals surface area contributed by atoms with Gasteiger partial charge in [0.1, 0.15) is 13.4 Å². The zero-order valence-electron chi connectivity index (χ0n) is 6.66. The Hall–Kier alpha value is 0.335. The molecular weight excluding hydrogens is 159 g/mol. The minimum atomic E-state index is -0.497. The molecule has 1 unspecified atom stereocenters. The van der Waals surface area contributed by atoms with Crippen LogP contribution in [0, 0.1) is 5.92 Å². The van der Waals surface area contributed by atoms with Crippen LogP contribution in [-0.2, 0) is 4.74 Å². The summed E-state index contributed by atoms with van der Waals surface area (Å²) < 4.78 is 5.41. The number of hydrogen-bond donors (Lipinski definition) is 2.